The van der Waals surface area contributed by atoms with Crippen molar-refractivity contribution in [1.29, 1.82) is 0 Å². The van der Waals surface area contributed by atoms with Gasteiger partial charge in [0.2, 0.25) is 0 Å². The lowest BCUT2D eigenvalue weighted by atomic mass is 10.1. The molecule has 0 radical (unpaired) electrons. The van der Waals surface area contributed by atoms with Gasteiger partial charge in [-0.05, 0) is 51.8 Å². The Morgan fingerprint density at radius 1 is 1.28 bits per heavy atom. The summed E-state index contributed by atoms with van der Waals surface area (Å²) in [6, 6.07) is 10.2. The van der Waals surface area contributed by atoms with Gasteiger partial charge in [0.25, 0.3) is 5.91 Å². The van der Waals surface area contributed by atoms with E-state index in [0.29, 0.717) is 5.56 Å². The van der Waals surface area contributed by atoms with Gasteiger partial charge in [-0.1, -0.05) is 18.2 Å². The van der Waals surface area contributed by atoms with Gasteiger partial charge in [-0.25, -0.2) is 9.67 Å². The van der Waals surface area contributed by atoms with Crippen LogP contribution in [0.4, 0.5) is 5.69 Å². The number of nitrogens with zero attached hydrogens (tertiary/aromatic N) is 4. The van der Waals surface area contributed by atoms with E-state index in [1.807, 2.05) is 54.6 Å². The molecule has 0 bridgehead atoms. The molecule has 3 aromatic rings. The molecule has 1 aromatic carbocycles. The minimum atomic E-state index is 0.0340. The van der Waals surface area contributed by atoms with Gasteiger partial charge in [0.05, 0.1) is 16.6 Å². The van der Waals surface area contributed by atoms with Crippen molar-refractivity contribution in [3.8, 4) is 0 Å². The maximum atomic E-state index is 13.5. The first kappa shape index (κ1) is 15.8. The molecule has 1 atom stereocenters. The van der Waals surface area contributed by atoms with E-state index in [4.69, 9.17) is 0 Å². The number of carbonyl (C=O) groups is 1. The van der Waals surface area contributed by atoms with Gasteiger partial charge in [-0.15, -0.1) is 0 Å². The van der Waals surface area contributed by atoms with E-state index in [9.17, 15) is 4.79 Å². The maximum Gasteiger partial charge on any atom is 0.259 e. The Bertz CT molecular complexity index is 989. The van der Waals surface area contributed by atoms with Gasteiger partial charge in [0.1, 0.15) is 0 Å². The predicted molar refractivity (Wildman–Crippen MR) is 99.1 cm³/mol. The summed E-state index contributed by atoms with van der Waals surface area (Å²) in [5.41, 5.74) is 5.43. The van der Waals surface area contributed by atoms with Crippen molar-refractivity contribution >= 4 is 22.6 Å². The summed E-state index contributed by atoms with van der Waals surface area (Å²) in [4.78, 5) is 20.1. The number of carbonyl (C=O) groups excluding carboxylic acids is 1. The topological polar surface area (TPSA) is 51.0 Å². The lowest BCUT2D eigenvalue weighted by Crippen LogP contribution is -2.36. The molecule has 2 aromatic heterocycles. The number of benzene rings is 1. The highest BCUT2D eigenvalue weighted by molar-refractivity contribution is 6.14. The van der Waals surface area contributed by atoms with Crippen molar-refractivity contribution in [3.05, 3.63) is 52.8 Å². The molecular formula is C20H22N4O. The number of hydrogen-bond acceptors (Lipinski definition) is 3. The molecule has 0 saturated carbocycles. The van der Waals surface area contributed by atoms with Gasteiger partial charge < -0.3 is 4.90 Å². The molecular weight excluding hydrogens is 312 g/mol. The van der Waals surface area contributed by atoms with E-state index < -0.39 is 0 Å². The number of aryl methyl sites for hydroxylation is 3. The average molecular weight is 334 g/mol. The molecule has 0 N–H and O–H groups in total. The molecule has 1 unspecified atom stereocenters. The number of aromatic nitrogens is 3. The van der Waals surface area contributed by atoms with Crippen LogP contribution in [0.3, 0.4) is 0 Å². The predicted octanol–water partition coefficient (Wildman–Crippen LogP) is 3.66. The number of fused-ring (bicyclic) bond motifs is 2. The normalized spacial score (nSPS) is 16.5. The molecule has 0 aliphatic carbocycles. The van der Waals surface area contributed by atoms with E-state index in [-0.39, 0.29) is 11.9 Å². The Morgan fingerprint density at radius 3 is 2.80 bits per heavy atom. The summed E-state index contributed by atoms with van der Waals surface area (Å²) >= 11 is 0. The van der Waals surface area contributed by atoms with Crippen molar-refractivity contribution in [2.24, 2.45) is 0 Å². The second-order valence-corrected chi connectivity index (χ2v) is 6.77. The second kappa shape index (κ2) is 5.69. The molecule has 25 heavy (non-hydrogen) atoms. The third-order valence-corrected chi connectivity index (χ3v) is 4.96. The zero-order chi connectivity index (χ0) is 17.7. The molecule has 1 aliphatic rings. The van der Waals surface area contributed by atoms with Crippen LogP contribution in [-0.4, -0.2) is 26.7 Å². The molecule has 0 fully saturated rings. The maximum absolute atomic E-state index is 13.5. The second-order valence-electron chi connectivity index (χ2n) is 6.77. The first-order valence-electron chi connectivity index (χ1n) is 8.77. The summed E-state index contributed by atoms with van der Waals surface area (Å²) in [5, 5.41) is 5.44. The van der Waals surface area contributed by atoms with Gasteiger partial charge >= 0.3 is 0 Å². The van der Waals surface area contributed by atoms with Crippen LogP contribution in [0.15, 0.2) is 30.3 Å². The first-order chi connectivity index (χ1) is 12.0. The molecule has 3 heterocycles. The minimum Gasteiger partial charge on any atom is -0.305 e. The smallest absolute Gasteiger partial charge is 0.259 e. The van der Waals surface area contributed by atoms with Crippen molar-refractivity contribution in [2.75, 3.05) is 4.90 Å². The molecule has 4 rings (SSSR count). The van der Waals surface area contributed by atoms with Crippen LogP contribution in [0.1, 0.15) is 41.2 Å². The third kappa shape index (κ3) is 2.34. The van der Waals surface area contributed by atoms with Gasteiger partial charge in [0.15, 0.2) is 5.65 Å². The number of para-hydroxylation sites is 1. The van der Waals surface area contributed by atoms with Crippen LogP contribution in [0.25, 0.3) is 11.0 Å². The molecule has 5 heteroatoms. The summed E-state index contributed by atoms with van der Waals surface area (Å²) in [6.45, 7) is 8.75. The van der Waals surface area contributed by atoms with Crippen molar-refractivity contribution in [2.45, 2.75) is 46.7 Å². The third-order valence-electron chi connectivity index (χ3n) is 4.96. The zero-order valence-electron chi connectivity index (χ0n) is 15.1. The summed E-state index contributed by atoms with van der Waals surface area (Å²) < 4.78 is 1.87. The molecule has 5 nitrogen and oxygen atoms in total. The SMILES string of the molecule is CCn1nc(C)c2c(C(=O)N3c4ccccc4CC3C)cc(C)nc21. The van der Waals surface area contributed by atoms with Crippen molar-refractivity contribution in [3.63, 3.8) is 0 Å². The molecule has 1 amide bonds. The average Bonchev–Trinajstić information content (AvgIpc) is 3.09. The molecule has 0 saturated heterocycles. The Hall–Kier alpha value is -2.69. The van der Waals surface area contributed by atoms with E-state index in [2.05, 4.69) is 23.1 Å². The van der Waals surface area contributed by atoms with E-state index >= 15 is 0 Å². The lowest BCUT2D eigenvalue weighted by molar-refractivity contribution is 0.0983. The van der Waals surface area contributed by atoms with Gasteiger partial charge in [-0.2, -0.15) is 5.10 Å². The Morgan fingerprint density at radius 2 is 2.04 bits per heavy atom. The van der Waals surface area contributed by atoms with Gasteiger partial charge in [-0.3, -0.25) is 4.79 Å². The molecule has 0 spiro atoms. The highest BCUT2D eigenvalue weighted by Gasteiger charge is 2.33. The number of anilines is 1. The standard InChI is InChI=1S/C20H22N4O/c1-5-23-19-18(14(4)22-23)16(10-12(2)21-19)20(25)24-13(3)11-15-8-6-7-9-17(15)24/h6-10,13H,5,11H2,1-4H3. The Balaban J connectivity index is 1.90. The van der Waals surface area contributed by atoms with Crippen LogP contribution in [0.2, 0.25) is 0 Å². The van der Waals surface area contributed by atoms with Crippen LogP contribution in [-0.2, 0) is 13.0 Å². The fourth-order valence-electron chi connectivity index (χ4n) is 3.87. The highest BCUT2D eigenvalue weighted by atomic mass is 16.2. The van der Waals surface area contributed by atoms with Crippen LogP contribution in [0.5, 0.6) is 0 Å². The van der Waals surface area contributed by atoms with Crippen molar-refractivity contribution in [1.82, 2.24) is 14.8 Å². The quantitative estimate of drug-likeness (QED) is 0.719. The van der Waals surface area contributed by atoms with Gasteiger partial charge in [0, 0.05) is 24.0 Å². The number of hydrogen-bond donors (Lipinski definition) is 0. The molecule has 128 valence electrons. The van der Waals surface area contributed by atoms with Crippen molar-refractivity contribution < 1.29 is 4.79 Å². The monoisotopic (exact) mass is 334 g/mol. The summed E-state index contributed by atoms with van der Waals surface area (Å²) in [7, 11) is 0. The molecule has 1 aliphatic heterocycles. The van der Waals surface area contributed by atoms with E-state index in [0.717, 1.165) is 41.1 Å². The Labute approximate surface area is 147 Å². The zero-order valence-corrected chi connectivity index (χ0v) is 15.1. The number of amides is 1. The van der Waals surface area contributed by atoms with Crippen LogP contribution >= 0.6 is 0 Å². The fraction of sp³-hybridized carbons (Fsp3) is 0.350. The van der Waals surface area contributed by atoms with Crippen LogP contribution in [0, 0.1) is 13.8 Å². The fourth-order valence-corrected chi connectivity index (χ4v) is 3.87. The lowest BCUT2D eigenvalue weighted by Gasteiger charge is -2.23. The Kier molecular flexibility index (Phi) is 3.60. The van der Waals surface area contributed by atoms with E-state index in [1.54, 1.807) is 0 Å². The summed E-state index contributed by atoms with van der Waals surface area (Å²) in [6.07, 6.45) is 0.891. The first-order valence-corrected chi connectivity index (χ1v) is 8.77. The summed E-state index contributed by atoms with van der Waals surface area (Å²) in [5.74, 6) is 0.0340. The van der Waals surface area contributed by atoms with Crippen LogP contribution < -0.4 is 4.90 Å². The number of rotatable bonds is 2. The highest BCUT2D eigenvalue weighted by Crippen LogP contribution is 2.34. The number of pyridine rings is 1. The minimum absolute atomic E-state index is 0.0340. The largest absolute Gasteiger partial charge is 0.305 e. The van der Waals surface area contributed by atoms with E-state index in [1.165, 1.54) is 5.56 Å².